The molecule has 28 nitrogen and oxygen atoms in total. The monoisotopic (exact) mass is 2280 g/mol. The molecule has 7 aromatic carbocycles. The lowest BCUT2D eigenvalue weighted by molar-refractivity contribution is -0.137. The molecule has 0 spiro atoms. The van der Waals surface area contributed by atoms with E-state index < -0.39 is 59.7 Å². The van der Waals surface area contributed by atoms with Crippen molar-refractivity contribution in [1.29, 1.82) is 0 Å². The van der Waals surface area contributed by atoms with E-state index in [1.807, 2.05) is 134 Å². The van der Waals surface area contributed by atoms with E-state index in [4.69, 9.17) is 87.0 Å². The van der Waals surface area contributed by atoms with Crippen molar-refractivity contribution in [3.63, 3.8) is 0 Å². The molecular formula is C93H97Br5Cl4F6N16O12. The number of aldehydes is 1. The number of aryl methyl sites for hydroxylation is 13. The third-order valence-electron chi connectivity index (χ3n) is 20.1. The van der Waals surface area contributed by atoms with Gasteiger partial charge < -0.3 is 51.0 Å². The summed E-state index contributed by atoms with van der Waals surface area (Å²) in [7, 11) is 8.56. The number of allylic oxidation sites excluding steroid dienone is 1. The van der Waals surface area contributed by atoms with E-state index in [0.29, 0.717) is 50.8 Å². The standard InChI is InChI=1S/C18H21N3O3.C17H19N3O3.C16H18BrN3O.2C8H7BrClNO.C8H9F3N2.C7H5BrClNO.C7H4BrClO.C4H7F3N2O/c1-11-6-7-13(9-14(11)17(22)23-5)15-10-18(3,24-20-15)16-8-12(2)19-21(16)4;1-10-5-6-12(8-13(10)16(21)22)14-9-17(3,23-19-14)15-7-11(2)18-20(15)4;1-10-5-6-12(8-13(10)17)14-9-16(3,21-19-14)15-7-11(2)18-20(15)4;2*1-5-2-3-6(4-7(5)9)8(10)11-12;1-5-4-7(13(3)12-5)6(2)8(9,10)11;8-6-3-5(4-10-11)1-2-7(6)9;8-6-3-5(4-10)1-2-7(6)9;5-4(6,7)2-9-3(10)1-8/h6-9H,10H2,1-5H3;5-8H,9H2,1-4H3,(H,21,22);5-8H,9H2,1-4H3;2*2-4,12H,1H3;4H,2H2,1,3H3;1-4,11H;1-4H;1-2,8H2,(H,9,10)/b;;;2*11-8-;;10-4+;;. The Hall–Kier alpha value is -10.9. The molecule has 3 aliphatic rings. The van der Waals surface area contributed by atoms with Gasteiger partial charge in [0.05, 0.1) is 109 Å². The van der Waals surface area contributed by atoms with Crippen molar-refractivity contribution in [3.05, 3.63) is 314 Å². The Labute approximate surface area is 843 Å². The molecule has 14 rings (SSSR count). The molecule has 0 saturated heterocycles. The molecule has 4 aromatic heterocycles. The number of aromatic carboxylic acids is 1. The topological polar surface area (TPSA) is 370 Å². The number of carbonyl (C=O) groups is 4. The Morgan fingerprint density at radius 1 is 0.515 bits per heavy atom. The molecule has 0 fully saturated rings. The fourth-order valence-corrected chi connectivity index (χ4v) is 15.3. The van der Waals surface area contributed by atoms with Crippen LogP contribution in [0.4, 0.5) is 26.3 Å². The Balaban J connectivity index is 0.000000240. The number of aromatic nitrogens is 8. The molecule has 43 heteroatoms. The molecular weight excluding hydrogens is 2190 g/mol. The molecule has 7 heterocycles. The number of rotatable bonds is 15. The maximum absolute atomic E-state index is 12.2. The number of ether oxygens (including phenoxy) is 1. The fourth-order valence-electron chi connectivity index (χ4n) is 12.9. The molecule has 0 saturated carbocycles. The van der Waals surface area contributed by atoms with E-state index in [9.17, 15) is 50.6 Å². The SMILES string of the molecule is C=C(c1cc(C)nn1C)C(F)(F)F.COC(=O)c1cc(C2=NOC(C)(c3cc(C)nn3C)C2)ccc1C.Cc1cc(C2(C)CC(c3ccc(C)c(Br)c3)=NO2)n(C)n1.Cc1cc(C2(C)CC(c3ccc(C)c(C(=O)O)c3)=NO2)n(C)n1.Cc1ccc(/C(Cl)=N/O)cc1Br.Cc1ccc(/C(Cl)=N/O)cc1Br.NCC(=O)NCC(F)(F)F.O/N=C/c1ccc(Cl)c(Br)c1.O=Cc1ccc(Cl)c(Br)c1. The van der Waals surface area contributed by atoms with Gasteiger partial charge in [0.25, 0.3) is 0 Å². The number of hydrogen-bond acceptors (Lipinski definition) is 22. The molecule has 136 heavy (non-hydrogen) atoms. The molecule has 726 valence electrons. The van der Waals surface area contributed by atoms with Crippen LogP contribution in [0.1, 0.15) is 178 Å². The van der Waals surface area contributed by atoms with Crippen LogP contribution < -0.4 is 11.1 Å². The van der Waals surface area contributed by atoms with Gasteiger partial charge in [-0.3, -0.25) is 28.3 Å². The summed E-state index contributed by atoms with van der Waals surface area (Å²) in [5, 5.41) is 75.7. The largest absolute Gasteiger partial charge is 0.478 e. The average molecular weight is 2290 g/mol. The van der Waals surface area contributed by atoms with Crippen LogP contribution in [-0.4, -0.2) is 150 Å². The van der Waals surface area contributed by atoms with Crippen LogP contribution in [0.3, 0.4) is 0 Å². The zero-order valence-electron chi connectivity index (χ0n) is 76.4. The predicted octanol–water partition coefficient (Wildman–Crippen LogP) is 23.5. The number of carboxylic acids is 1. The van der Waals surface area contributed by atoms with Gasteiger partial charge in [0.2, 0.25) is 5.91 Å². The molecule has 0 radical (unpaired) electrons. The lowest BCUT2D eigenvalue weighted by Crippen LogP contribution is -2.37. The van der Waals surface area contributed by atoms with E-state index in [2.05, 4.69) is 176 Å². The molecule has 1 amide bonds. The second kappa shape index (κ2) is 51.0. The van der Waals surface area contributed by atoms with Gasteiger partial charge in [-0.15, -0.1) is 0 Å². The molecule has 3 atom stereocenters. The van der Waals surface area contributed by atoms with Gasteiger partial charge >= 0.3 is 24.3 Å². The number of nitrogens with two attached hydrogens (primary N) is 1. The fraction of sp³-hybridized carbons (Fsp3) is 0.290. The van der Waals surface area contributed by atoms with Crippen molar-refractivity contribution >= 4 is 189 Å². The lowest BCUT2D eigenvalue weighted by Gasteiger charge is -2.21. The van der Waals surface area contributed by atoms with Crippen molar-refractivity contribution in [2.45, 2.75) is 132 Å². The number of carboxylic acid groups (broad SMARTS) is 1. The minimum absolute atomic E-state index is 0.00463. The molecule has 0 aliphatic carbocycles. The van der Waals surface area contributed by atoms with E-state index in [1.165, 1.54) is 36.7 Å². The summed E-state index contributed by atoms with van der Waals surface area (Å²) >= 11 is 39.3. The highest BCUT2D eigenvalue weighted by Crippen LogP contribution is 2.41. The molecule has 3 unspecified atom stereocenters. The summed E-state index contributed by atoms with van der Waals surface area (Å²) in [5.74, 6) is -2.09. The number of esters is 1. The van der Waals surface area contributed by atoms with Crippen LogP contribution in [0.25, 0.3) is 5.57 Å². The Morgan fingerprint density at radius 2 is 0.868 bits per heavy atom. The van der Waals surface area contributed by atoms with Gasteiger partial charge in [0.15, 0.2) is 27.1 Å². The Morgan fingerprint density at radius 3 is 1.18 bits per heavy atom. The highest BCUT2D eigenvalue weighted by molar-refractivity contribution is 9.11. The van der Waals surface area contributed by atoms with Crippen molar-refractivity contribution in [2.24, 2.45) is 64.9 Å². The first kappa shape index (κ1) is 114. The number of alkyl halides is 6. The quantitative estimate of drug-likeness (QED) is 0.0139. The smallest absolute Gasteiger partial charge is 0.417 e. The van der Waals surface area contributed by atoms with Crippen LogP contribution >= 0.6 is 126 Å². The van der Waals surface area contributed by atoms with E-state index in [-0.39, 0.29) is 27.6 Å². The number of halogens is 15. The van der Waals surface area contributed by atoms with Gasteiger partial charge in [-0.2, -0.15) is 46.7 Å². The zero-order valence-corrected chi connectivity index (χ0v) is 87.3. The first-order valence-corrected chi connectivity index (χ1v) is 45.8. The number of amides is 1. The second-order valence-electron chi connectivity index (χ2n) is 31.1. The summed E-state index contributed by atoms with van der Waals surface area (Å²) < 4.78 is 86.5. The number of nitrogens with zero attached hydrogens (tertiary/aromatic N) is 14. The number of nitrogens with one attached hydrogen (secondary N) is 1. The van der Waals surface area contributed by atoms with Gasteiger partial charge in [-0.1, -0.05) is 205 Å². The predicted molar refractivity (Wildman–Crippen MR) is 532 cm³/mol. The highest BCUT2D eigenvalue weighted by atomic mass is 79.9. The summed E-state index contributed by atoms with van der Waals surface area (Å²) in [6, 6.07) is 45.9. The van der Waals surface area contributed by atoms with E-state index in [1.54, 1.807) is 96.6 Å². The summed E-state index contributed by atoms with van der Waals surface area (Å²) in [4.78, 5) is 60.7. The zero-order chi connectivity index (χ0) is 102. The van der Waals surface area contributed by atoms with Crippen molar-refractivity contribution in [2.75, 3.05) is 20.2 Å². The average Bonchev–Trinajstić information content (AvgIpc) is 1.63. The number of methoxy groups -OCH3 is 1. The van der Waals surface area contributed by atoms with Gasteiger partial charge in [0.1, 0.15) is 12.8 Å². The van der Waals surface area contributed by atoms with Gasteiger partial charge in [0, 0.05) is 103 Å². The molecule has 0 bridgehead atoms. The minimum atomic E-state index is -4.39. The summed E-state index contributed by atoms with van der Waals surface area (Å²) in [6.45, 7) is 24.4. The highest BCUT2D eigenvalue weighted by Gasteiger charge is 2.43. The second-order valence-corrected chi connectivity index (χ2v) is 36.9. The van der Waals surface area contributed by atoms with Crippen LogP contribution in [-0.2, 0) is 69.0 Å². The summed E-state index contributed by atoms with van der Waals surface area (Å²) in [5.41, 5.74) is 22.5. The number of carbonyl (C=O) groups excluding carboxylic acids is 3. The maximum atomic E-state index is 12.2. The van der Waals surface area contributed by atoms with Crippen LogP contribution in [0.2, 0.25) is 10.0 Å². The number of oxime groups is 6. The normalized spacial score (nSPS) is 15.8. The first-order chi connectivity index (χ1) is 63.6. The molecule has 3 aliphatic heterocycles. The number of benzene rings is 7. The maximum Gasteiger partial charge on any atom is 0.417 e. The van der Waals surface area contributed by atoms with Crippen LogP contribution in [0.5, 0.6) is 0 Å². The van der Waals surface area contributed by atoms with E-state index in [0.717, 1.165) is 131 Å². The third kappa shape index (κ3) is 32.9. The minimum Gasteiger partial charge on any atom is -0.478 e. The lowest BCUT2D eigenvalue weighted by atomic mass is 9.91. The van der Waals surface area contributed by atoms with Crippen LogP contribution in [0, 0.1) is 62.3 Å². The van der Waals surface area contributed by atoms with Crippen molar-refractivity contribution in [3.8, 4) is 0 Å². The van der Waals surface area contributed by atoms with Crippen LogP contribution in [0.15, 0.2) is 212 Å². The van der Waals surface area contributed by atoms with Gasteiger partial charge in [-0.05, 0) is 227 Å². The Bertz CT molecular complexity index is 6280. The third-order valence-corrected chi connectivity index (χ3v) is 25.6. The van der Waals surface area contributed by atoms with Gasteiger partial charge in [-0.25, -0.2) is 9.59 Å². The van der Waals surface area contributed by atoms with E-state index >= 15 is 0 Å². The Kier molecular flexibility index (Phi) is 42.7. The molecule has 11 aromatic rings. The molecule has 7 N–H and O–H groups in total. The number of hydrogen-bond donors (Lipinski definition) is 6. The summed E-state index contributed by atoms with van der Waals surface area (Å²) in [6.07, 6.45) is -4.72. The van der Waals surface area contributed by atoms with Crippen molar-refractivity contribution in [1.82, 2.24) is 44.4 Å². The van der Waals surface area contributed by atoms with Crippen molar-refractivity contribution < 1.29 is 85.5 Å². The first-order valence-electron chi connectivity index (χ1n) is 40.3.